The Bertz CT molecular complexity index is 317. The van der Waals surface area contributed by atoms with Crippen molar-refractivity contribution >= 4 is 23.5 Å². The van der Waals surface area contributed by atoms with Gasteiger partial charge in [0, 0.05) is 30.3 Å². The summed E-state index contributed by atoms with van der Waals surface area (Å²) in [6.45, 7) is 3.26. The molecular formula is C9H14N4S. The highest BCUT2D eigenvalue weighted by atomic mass is 32.2. The average Bonchev–Trinajstić information content (AvgIpc) is 2.18. The SMILES string of the molecule is CC1CSCCN1c1ccnc(N)n1. The summed E-state index contributed by atoms with van der Waals surface area (Å²) in [5.74, 6) is 3.62. The third-order valence-corrected chi connectivity index (χ3v) is 3.51. The van der Waals surface area contributed by atoms with Crippen molar-refractivity contribution in [2.75, 3.05) is 28.7 Å². The first-order chi connectivity index (χ1) is 6.77. The van der Waals surface area contributed by atoms with Crippen molar-refractivity contribution in [1.82, 2.24) is 9.97 Å². The molecule has 0 amide bonds. The molecule has 14 heavy (non-hydrogen) atoms. The summed E-state index contributed by atoms with van der Waals surface area (Å²) in [5, 5.41) is 0. The molecule has 1 saturated heterocycles. The van der Waals surface area contributed by atoms with Gasteiger partial charge in [0.2, 0.25) is 5.95 Å². The summed E-state index contributed by atoms with van der Waals surface area (Å²) in [4.78, 5) is 10.4. The van der Waals surface area contributed by atoms with Crippen LogP contribution in [0.2, 0.25) is 0 Å². The summed E-state index contributed by atoms with van der Waals surface area (Å²) in [6.07, 6.45) is 1.71. The van der Waals surface area contributed by atoms with Crippen molar-refractivity contribution in [1.29, 1.82) is 0 Å². The highest BCUT2D eigenvalue weighted by Crippen LogP contribution is 2.21. The molecule has 2 heterocycles. The van der Waals surface area contributed by atoms with Gasteiger partial charge < -0.3 is 10.6 Å². The molecule has 0 saturated carbocycles. The highest BCUT2D eigenvalue weighted by Gasteiger charge is 2.19. The first-order valence-corrected chi connectivity index (χ1v) is 5.86. The van der Waals surface area contributed by atoms with Crippen molar-refractivity contribution < 1.29 is 0 Å². The molecule has 0 spiro atoms. The Morgan fingerprint density at radius 3 is 3.21 bits per heavy atom. The van der Waals surface area contributed by atoms with Gasteiger partial charge in [-0.05, 0) is 13.0 Å². The molecule has 76 valence electrons. The minimum Gasteiger partial charge on any atom is -0.368 e. The van der Waals surface area contributed by atoms with Crippen LogP contribution in [0, 0.1) is 0 Å². The van der Waals surface area contributed by atoms with Gasteiger partial charge in [-0.15, -0.1) is 0 Å². The van der Waals surface area contributed by atoms with Crippen molar-refractivity contribution in [3.05, 3.63) is 12.3 Å². The molecule has 1 aromatic rings. The molecule has 2 rings (SSSR count). The van der Waals surface area contributed by atoms with Crippen LogP contribution in [0.4, 0.5) is 11.8 Å². The summed E-state index contributed by atoms with van der Waals surface area (Å²) in [6, 6.07) is 2.45. The lowest BCUT2D eigenvalue weighted by atomic mass is 10.3. The summed E-state index contributed by atoms with van der Waals surface area (Å²) < 4.78 is 0. The van der Waals surface area contributed by atoms with Crippen molar-refractivity contribution in [3.8, 4) is 0 Å². The van der Waals surface area contributed by atoms with Gasteiger partial charge in [0.1, 0.15) is 5.82 Å². The van der Waals surface area contributed by atoms with Crippen LogP contribution in [0.3, 0.4) is 0 Å². The van der Waals surface area contributed by atoms with E-state index in [1.54, 1.807) is 6.20 Å². The minimum absolute atomic E-state index is 0.355. The van der Waals surface area contributed by atoms with Gasteiger partial charge in [-0.1, -0.05) is 0 Å². The molecule has 0 radical (unpaired) electrons. The molecule has 1 aromatic heterocycles. The van der Waals surface area contributed by atoms with Crippen LogP contribution in [0.5, 0.6) is 0 Å². The molecule has 5 heteroatoms. The second-order valence-corrected chi connectivity index (χ2v) is 4.54. The van der Waals surface area contributed by atoms with Gasteiger partial charge in [-0.3, -0.25) is 0 Å². The van der Waals surface area contributed by atoms with Crippen molar-refractivity contribution in [3.63, 3.8) is 0 Å². The molecular weight excluding hydrogens is 196 g/mol. The third kappa shape index (κ3) is 1.92. The molecule has 2 N–H and O–H groups in total. The lowest BCUT2D eigenvalue weighted by Gasteiger charge is -2.33. The second-order valence-electron chi connectivity index (χ2n) is 3.39. The maximum atomic E-state index is 5.56. The van der Waals surface area contributed by atoms with Crippen LogP contribution in [0.15, 0.2) is 12.3 Å². The van der Waals surface area contributed by atoms with E-state index in [2.05, 4.69) is 21.8 Å². The number of anilines is 2. The van der Waals surface area contributed by atoms with E-state index in [0.717, 1.165) is 23.9 Å². The first kappa shape index (κ1) is 9.58. The van der Waals surface area contributed by atoms with Crippen LogP contribution in [-0.2, 0) is 0 Å². The lowest BCUT2D eigenvalue weighted by Crippen LogP contribution is -2.40. The number of hydrogen-bond donors (Lipinski definition) is 1. The number of nitrogens with two attached hydrogens (primary N) is 1. The fourth-order valence-electron chi connectivity index (χ4n) is 1.59. The van der Waals surface area contributed by atoms with Gasteiger partial charge >= 0.3 is 0 Å². The Labute approximate surface area is 87.9 Å². The van der Waals surface area contributed by atoms with E-state index in [9.17, 15) is 0 Å². The van der Waals surface area contributed by atoms with E-state index in [-0.39, 0.29) is 0 Å². The Hall–Kier alpha value is -0.970. The fraction of sp³-hybridized carbons (Fsp3) is 0.556. The van der Waals surface area contributed by atoms with Gasteiger partial charge in [0.05, 0.1) is 0 Å². The predicted octanol–water partition coefficient (Wildman–Crippen LogP) is 1.00. The van der Waals surface area contributed by atoms with Crippen molar-refractivity contribution in [2.45, 2.75) is 13.0 Å². The zero-order valence-electron chi connectivity index (χ0n) is 8.18. The number of hydrogen-bond acceptors (Lipinski definition) is 5. The largest absolute Gasteiger partial charge is 0.368 e. The molecule has 1 unspecified atom stereocenters. The molecule has 1 fully saturated rings. The summed E-state index contributed by atoms with van der Waals surface area (Å²) in [7, 11) is 0. The Morgan fingerprint density at radius 2 is 2.50 bits per heavy atom. The normalized spacial score (nSPS) is 22.4. The second kappa shape index (κ2) is 4.04. The Morgan fingerprint density at radius 1 is 1.64 bits per heavy atom. The molecule has 0 aliphatic carbocycles. The van der Waals surface area contributed by atoms with Crippen LogP contribution >= 0.6 is 11.8 Å². The molecule has 1 atom stereocenters. The standard InChI is InChI=1S/C9H14N4S/c1-7-6-14-5-4-13(7)8-2-3-11-9(10)12-8/h2-3,7H,4-6H2,1H3,(H2,10,11,12). The zero-order valence-corrected chi connectivity index (χ0v) is 9.00. The average molecular weight is 210 g/mol. The van der Waals surface area contributed by atoms with Crippen LogP contribution in [0.25, 0.3) is 0 Å². The maximum absolute atomic E-state index is 5.56. The first-order valence-electron chi connectivity index (χ1n) is 4.70. The number of rotatable bonds is 1. The molecule has 1 aliphatic rings. The van der Waals surface area contributed by atoms with Crippen LogP contribution in [0.1, 0.15) is 6.92 Å². The number of aromatic nitrogens is 2. The number of nitrogens with zero attached hydrogens (tertiary/aromatic N) is 3. The van der Waals surface area contributed by atoms with Gasteiger partial charge in [0.15, 0.2) is 0 Å². The summed E-state index contributed by atoms with van der Waals surface area (Å²) >= 11 is 1.99. The van der Waals surface area contributed by atoms with Crippen LogP contribution < -0.4 is 10.6 Å². The fourth-order valence-corrected chi connectivity index (χ4v) is 2.60. The number of thioether (sulfide) groups is 1. The van der Waals surface area contributed by atoms with E-state index in [0.29, 0.717) is 12.0 Å². The molecule has 0 aromatic carbocycles. The predicted molar refractivity (Wildman–Crippen MR) is 60.6 cm³/mol. The zero-order chi connectivity index (χ0) is 9.97. The van der Waals surface area contributed by atoms with E-state index in [4.69, 9.17) is 5.73 Å². The van der Waals surface area contributed by atoms with E-state index < -0.39 is 0 Å². The molecule has 4 nitrogen and oxygen atoms in total. The third-order valence-electron chi connectivity index (χ3n) is 2.32. The highest BCUT2D eigenvalue weighted by molar-refractivity contribution is 7.99. The summed E-state index contributed by atoms with van der Waals surface area (Å²) in [5.41, 5.74) is 5.56. The van der Waals surface area contributed by atoms with E-state index >= 15 is 0 Å². The Kier molecular flexibility index (Phi) is 2.77. The minimum atomic E-state index is 0.355. The number of nitrogen functional groups attached to an aromatic ring is 1. The van der Waals surface area contributed by atoms with E-state index in [1.165, 1.54) is 0 Å². The topological polar surface area (TPSA) is 55.0 Å². The van der Waals surface area contributed by atoms with E-state index in [1.807, 2.05) is 17.8 Å². The van der Waals surface area contributed by atoms with Crippen LogP contribution in [-0.4, -0.2) is 34.1 Å². The van der Waals surface area contributed by atoms with Crippen molar-refractivity contribution in [2.24, 2.45) is 0 Å². The molecule has 0 bridgehead atoms. The smallest absolute Gasteiger partial charge is 0.221 e. The molecule has 1 aliphatic heterocycles. The van der Waals surface area contributed by atoms with Gasteiger partial charge in [-0.25, -0.2) is 4.98 Å². The lowest BCUT2D eigenvalue weighted by molar-refractivity contribution is 0.689. The van der Waals surface area contributed by atoms with Gasteiger partial charge in [0.25, 0.3) is 0 Å². The monoisotopic (exact) mass is 210 g/mol. The van der Waals surface area contributed by atoms with Gasteiger partial charge in [-0.2, -0.15) is 16.7 Å². The Balaban J connectivity index is 2.20. The maximum Gasteiger partial charge on any atom is 0.221 e. The quantitative estimate of drug-likeness (QED) is 0.749.